The van der Waals surface area contributed by atoms with Gasteiger partial charge in [-0.15, -0.1) is 0 Å². The van der Waals surface area contributed by atoms with E-state index >= 15 is 0 Å². The highest BCUT2D eigenvalue weighted by Gasteiger charge is 2.32. The predicted octanol–water partition coefficient (Wildman–Crippen LogP) is 1.96. The molecule has 166 valence electrons. The molecule has 5 rings (SSSR count). The van der Waals surface area contributed by atoms with Crippen LogP contribution in [0.3, 0.4) is 0 Å². The molecule has 0 spiro atoms. The highest BCUT2D eigenvalue weighted by atomic mass is 35.5. The molecule has 0 N–H and O–H groups in total. The zero-order valence-corrected chi connectivity index (χ0v) is 19.0. The van der Waals surface area contributed by atoms with Crippen molar-refractivity contribution < 1.29 is 9.59 Å². The lowest BCUT2D eigenvalue weighted by atomic mass is 10.2. The number of thioether (sulfide) groups is 1. The lowest BCUT2D eigenvalue weighted by molar-refractivity contribution is -0.138. The second-order valence-corrected chi connectivity index (χ2v) is 9.32. The Kier molecular flexibility index (Phi) is 5.42. The number of piperazine rings is 1. The van der Waals surface area contributed by atoms with E-state index in [1.807, 2.05) is 12.1 Å². The number of nitrogens with zero attached hydrogens (tertiary/aromatic N) is 6. The van der Waals surface area contributed by atoms with Crippen LogP contribution in [-0.2, 0) is 9.59 Å². The van der Waals surface area contributed by atoms with Crippen molar-refractivity contribution in [3.8, 4) is 5.69 Å². The summed E-state index contributed by atoms with van der Waals surface area (Å²) in [5.74, 6) is 0.630. The van der Waals surface area contributed by atoms with Gasteiger partial charge in [0, 0.05) is 50.3 Å². The summed E-state index contributed by atoms with van der Waals surface area (Å²) in [4.78, 5) is 45.9. The number of hydrogen-bond acceptors (Lipinski definition) is 6. The maximum atomic E-state index is 13.3. The molecule has 2 amide bonds. The number of benzene rings is 1. The van der Waals surface area contributed by atoms with E-state index in [2.05, 4.69) is 5.10 Å². The summed E-state index contributed by atoms with van der Waals surface area (Å²) in [7, 11) is 0. The Bertz CT molecular complexity index is 1280. The molecule has 4 heterocycles. The number of halogens is 1. The third-order valence-corrected chi connectivity index (χ3v) is 7.24. The Labute approximate surface area is 192 Å². The number of rotatable bonds is 3. The molecule has 32 heavy (non-hydrogen) atoms. The van der Waals surface area contributed by atoms with Gasteiger partial charge in [-0.05, 0) is 18.2 Å². The Morgan fingerprint density at radius 3 is 2.66 bits per heavy atom. The largest absolute Gasteiger partial charge is 0.339 e. The smallest absolute Gasteiger partial charge is 0.265 e. The van der Waals surface area contributed by atoms with Crippen LogP contribution in [0.25, 0.3) is 16.7 Å². The van der Waals surface area contributed by atoms with E-state index in [0.717, 1.165) is 5.69 Å². The first-order valence-electron chi connectivity index (χ1n) is 10.3. The number of hydrogen-bond donors (Lipinski definition) is 0. The summed E-state index contributed by atoms with van der Waals surface area (Å²) in [5, 5.41) is 5.92. The van der Waals surface area contributed by atoms with Gasteiger partial charge in [0.1, 0.15) is 5.39 Å². The summed E-state index contributed by atoms with van der Waals surface area (Å²) in [6, 6.07) is 6.95. The molecule has 2 aromatic heterocycles. The highest BCUT2D eigenvalue weighted by molar-refractivity contribution is 7.99. The van der Waals surface area contributed by atoms with Gasteiger partial charge in [-0.1, -0.05) is 29.4 Å². The van der Waals surface area contributed by atoms with Crippen LogP contribution in [0.1, 0.15) is 19.4 Å². The molecule has 0 bridgehead atoms. The molecule has 1 saturated heterocycles. The van der Waals surface area contributed by atoms with Gasteiger partial charge in [-0.3, -0.25) is 19.0 Å². The first-order valence-corrected chi connectivity index (χ1v) is 11.7. The third kappa shape index (κ3) is 3.67. The Morgan fingerprint density at radius 1 is 1.19 bits per heavy atom. The van der Waals surface area contributed by atoms with Gasteiger partial charge in [0.25, 0.3) is 5.56 Å². The number of carbonyl (C=O) groups is 2. The predicted molar refractivity (Wildman–Crippen MR) is 121 cm³/mol. The highest BCUT2D eigenvalue weighted by Crippen LogP contribution is 2.34. The van der Waals surface area contributed by atoms with E-state index in [1.54, 1.807) is 38.1 Å². The zero-order chi connectivity index (χ0) is 22.4. The van der Waals surface area contributed by atoms with Gasteiger partial charge in [0.2, 0.25) is 11.8 Å². The minimum absolute atomic E-state index is 0.00623. The van der Waals surface area contributed by atoms with Crippen LogP contribution >= 0.6 is 23.4 Å². The van der Waals surface area contributed by atoms with Gasteiger partial charge in [-0.2, -0.15) is 5.10 Å². The van der Waals surface area contributed by atoms with Gasteiger partial charge in [-0.25, -0.2) is 9.67 Å². The summed E-state index contributed by atoms with van der Waals surface area (Å²) >= 11 is 7.58. The Balaban J connectivity index is 1.40. The minimum Gasteiger partial charge on any atom is -0.339 e. The van der Waals surface area contributed by atoms with Crippen molar-refractivity contribution in [1.29, 1.82) is 0 Å². The molecular formula is C21H21ClN6O3S. The van der Waals surface area contributed by atoms with Gasteiger partial charge in [0.05, 0.1) is 17.9 Å². The first kappa shape index (κ1) is 21.0. The van der Waals surface area contributed by atoms with Gasteiger partial charge in [0.15, 0.2) is 10.8 Å². The molecule has 1 unspecified atom stereocenters. The van der Waals surface area contributed by atoms with E-state index < -0.39 is 0 Å². The van der Waals surface area contributed by atoms with E-state index in [0.29, 0.717) is 53.1 Å². The standard InChI is InChI=1S/C21H21ClN6O3S/c1-13(29)25-5-7-26(8-6-25)18(30)10-16-12-32-21-24-19-17(20(31)27(16)21)11-23-28(19)15-4-2-3-14(22)9-15/h2-4,9,11,16H,5-8,10,12H2,1H3. The second kappa shape index (κ2) is 8.25. The molecule has 1 fully saturated rings. The molecule has 3 aromatic rings. The fraction of sp³-hybridized carbons (Fsp3) is 0.381. The average molecular weight is 473 g/mol. The van der Waals surface area contributed by atoms with Crippen molar-refractivity contribution in [2.24, 2.45) is 0 Å². The van der Waals surface area contributed by atoms with Gasteiger partial charge < -0.3 is 9.80 Å². The lowest BCUT2D eigenvalue weighted by Crippen LogP contribution is -2.50. The van der Waals surface area contributed by atoms with E-state index in [-0.39, 0.29) is 29.8 Å². The van der Waals surface area contributed by atoms with Crippen LogP contribution in [0.2, 0.25) is 5.02 Å². The molecule has 2 aliphatic heterocycles. The molecule has 2 aliphatic rings. The van der Waals surface area contributed by atoms with Crippen molar-refractivity contribution in [3.05, 3.63) is 45.8 Å². The SMILES string of the molecule is CC(=O)N1CCN(C(=O)CC2CSc3nc4c(cnn4-c4cccc(Cl)c4)c(=O)n32)CC1. The molecular weight excluding hydrogens is 452 g/mol. The Hall–Kier alpha value is -2.85. The summed E-state index contributed by atoms with van der Waals surface area (Å²) in [6.45, 7) is 3.66. The number of aromatic nitrogens is 4. The second-order valence-electron chi connectivity index (χ2n) is 7.90. The normalized spacial score (nSPS) is 18.2. The molecule has 1 atom stereocenters. The quantitative estimate of drug-likeness (QED) is 0.541. The zero-order valence-electron chi connectivity index (χ0n) is 17.4. The van der Waals surface area contributed by atoms with Crippen LogP contribution in [0.5, 0.6) is 0 Å². The van der Waals surface area contributed by atoms with Crippen LogP contribution in [0.15, 0.2) is 40.4 Å². The third-order valence-electron chi connectivity index (χ3n) is 5.91. The van der Waals surface area contributed by atoms with Gasteiger partial charge >= 0.3 is 0 Å². The maximum Gasteiger partial charge on any atom is 0.265 e. The first-order chi connectivity index (χ1) is 15.4. The Morgan fingerprint density at radius 2 is 1.94 bits per heavy atom. The van der Waals surface area contributed by atoms with Crippen molar-refractivity contribution in [1.82, 2.24) is 29.1 Å². The van der Waals surface area contributed by atoms with Crippen LogP contribution in [0.4, 0.5) is 0 Å². The molecule has 0 aliphatic carbocycles. The summed E-state index contributed by atoms with van der Waals surface area (Å²) in [6.07, 6.45) is 1.75. The van der Waals surface area contributed by atoms with Crippen LogP contribution in [-0.4, -0.2) is 72.9 Å². The van der Waals surface area contributed by atoms with Crippen LogP contribution < -0.4 is 5.56 Å². The van der Waals surface area contributed by atoms with E-state index in [9.17, 15) is 14.4 Å². The van der Waals surface area contributed by atoms with E-state index in [4.69, 9.17) is 16.6 Å². The van der Waals surface area contributed by atoms with Crippen LogP contribution in [0, 0.1) is 0 Å². The topological polar surface area (TPSA) is 93.3 Å². The number of amides is 2. The minimum atomic E-state index is -0.257. The number of carbonyl (C=O) groups excluding carboxylic acids is 2. The van der Waals surface area contributed by atoms with Crippen molar-refractivity contribution in [3.63, 3.8) is 0 Å². The summed E-state index contributed by atoms with van der Waals surface area (Å²) < 4.78 is 3.23. The summed E-state index contributed by atoms with van der Waals surface area (Å²) in [5.41, 5.74) is 1.01. The fourth-order valence-corrected chi connectivity index (χ4v) is 5.49. The lowest BCUT2D eigenvalue weighted by Gasteiger charge is -2.34. The van der Waals surface area contributed by atoms with Crippen molar-refractivity contribution in [2.45, 2.75) is 24.5 Å². The van der Waals surface area contributed by atoms with Crippen molar-refractivity contribution in [2.75, 3.05) is 31.9 Å². The fourth-order valence-electron chi connectivity index (χ4n) is 4.18. The maximum absolute atomic E-state index is 13.3. The molecule has 0 radical (unpaired) electrons. The monoisotopic (exact) mass is 472 g/mol. The van der Waals surface area contributed by atoms with Crippen molar-refractivity contribution >= 4 is 46.2 Å². The average Bonchev–Trinajstić information content (AvgIpc) is 3.39. The number of fused-ring (bicyclic) bond motifs is 2. The molecule has 1 aromatic carbocycles. The molecule has 9 nitrogen and oxygen atoms in total. The van der Waals surface area contributed by atoms with E-state index in [1.165, 1.54) is 18.0 Å². The molecule has 0 saturated carbocycles. The molecule has 11 heteroatoms.